The summed E-state index contributed by atoms with van der Waals surface area (Å²) in [7, 11) is 1.72. The van der Waals surface area contributed by atoms with E-state index in [1.807, 2.05) is 12.4 Å². The van der Waals surface area contributed by atoms with Gasteiger partial charge in [-0.15, -0.1) is 23.1 Å². The van der Waals surface area contributed by atoms with Gasteiger partial charge in [-0.2, -0.15) is 0 Å². The van der Waals surface area contributed by atoms with E-state index in [9.17, 15) is 0 Å². The molecule has 1 aliphatic carbocycles. The molecule has 3 aromatic rings. The van der Waals surface area contributed by atoms with Crippen molar-refractivity contribution in [2.24, 2.45) is 0 Å². The molecule has 130 valence electrons. The maximum absolute atomic E-state index is 6.52. The number of anilines is 1. The molecule has 0 amide bonds. The lowest BCUT2D eigenvalue weighted by Crippen LogP contribution is -2.10. The molecule has 0 aliphatic heterocycles. The van der Waals surface area contributed by atoms with Crippen LogP contribution in [0.4, 0.5) is 5.69 Å². The highest BCUT2D eigenvalue weighted by Crippen LogP contribution is 2.47. The summed E-state index contributed by atoms with van der Waals surface area (Å²) in [5.41, 5.74) is 10.7. The van der Waals surface area contributed by atoms with E-state index in [0.717, 1.165) is 43.7 Å². The standard InChI is InChI=1S/C18H20N4OS2/c1-23-5-6-24-18-16(19)15-13(11-3-2-4-11)7-14(22-17(15)25-18)12-8-20-10-21-9-12/h7-11H,2-6,19H2,1H3/p+1. The zero-order chi connectivity index (χ0) is 17.2. The fourth-order valence-electron chi connectivity index (χ4n) is 3.11. The van der Waals surface area contributed by atoms with E-state index in [0.29, 0.717) is 5.92 Å². The molecule has 0 saturated heterocycles. The Labute approximate surface area is 155 Å². The largest absolute Gasteiger partial charge is 0.397 e. The summed E-state index contributed by atoms with van der Waals surface area (Å²) in [5, 5.41) is 1.16. The molecule has 0 atom stereocenters. The minimum atomic E-state index is 0.596. The molecule has 3 aromatic heterocycles. The van der Waals surface area contributed by atoms with Gasteiger partial charge in [-0.1, -0.05) is 11.4 Å². The van der Waals surface area contributed by atoms with Gasteiger partial charge < -0.3 is 10.5 Å². The van der Waals surface area contributed by atoms with Crippen molar-refractivity contribution in [3.8, 4) is 11.3 Å². The number of ether oxygens (including phenoxy) is 1. The molecule has 1 saturated carbocycles. The Morgan fingerprint density at radius 2 is 2.32 bits per heavy atom. The number of hydrogen-bond donors (Lipinski definition) is 1. The molecule has 1 aliphatic rings. The first kappa shape index (κ1) is 16.8. The number of nitrogens with two attached hydrogens (primary N) is 1. The summed E-state index contributed by atoms with van der Waals surface area (Å²) in [6, 6.07) is 2.21. The van der Waals surface area contributed by atoms with Gasteiger partial charge in [0.05, 0.1) is 27.8 Å². The van der Waals surface area contributed by atoms with Gasteiger partial charge in [-0.25, -0.2) is 9.97 Å². The molecular weight excluding hydrogens is 352 g/mol. The van der Waals surface area contributed by atoms with Crippen molar-refractivity contribution >= 4 is 39.0 Å². The first-order valence-electron chi connectivity index (χ1n) is 8.44. The van der Waals surface area contributed by atoms with Crippen molar-refractivity contribution in [2.75, 3.05) is 25.2 Å². The number of methoxy groups -OCH3 is 1. The number of pyridine rings is 1. The molecule has 4 rings (SSSR count). The number of thiophene rings is 1. The third-order valence-electron chi connectivity index (χ3n) is 4.66. The molecule has 3 heterocycles. The van der Waals surface area contributed by atoms with Crippen molar-refractivity contribution in [2.45, 2.75) is 29.4 Å². The number of hydrogen-bond acceptors (Lipinski definition) is 6. The van der Waals surface area contributed by atoms with E-state index >= 15 is 0 Å². The smallest absolute Gasteiger partial charge is 0.283 e. The van der Waals surface area contributed by atoms with Crippen LogP contribution >= 0.6 is 23.1 Å². The molecule has 0 bridgehead atoms. The second-order valence-corrected chi connectivity index (χ2v) is 8.59. The molecule has 25 heavy (non-hydrogen) atoms. The Hall–Kier alpha value is -1.70. The maximum Gasteiger partial charge on any atom is 0.283 e. The molecule has 3 N–H and O–H groups in total. The van der Waals surface area contributed by atoms with Gasteiger partial charge in [0.1, 0.15) is 11.0 Å². The third kappa shape index (κ3) is 3.23. The van der Waals surface area contributed by atoms with Gasteiger partial charge in [-0.05, 0) is 30.4 Å². The van der Waals surface area contributed by atoms with E-state index in [1.54, 1.807) is 36.5 Å². The number of thioether (sulfide) groups is 1. The average Bonchev–Trinajstić information content (AvgIpc) is 2.91. The van der Waals surface area contributed by atoms with Crippen LogP contribution in [0.25, 0.3) is 21.5 Å². The van der Waals surface area contributed by atoms with Crippen LogP contribution in [0, 0.1) is 0 Å². The number of fused-ring (bicyclic) bond motifs is 1. The molecular formula is C18H21N4OS2+. The highest BCUT2D eigenvalue weighted by atomic mass is 32.2. The molecule has 7 heteroatoms. The summed E-state index contributed by atoms with van der Waals surface area (Å²) in [5.74, 6) is 1.50. The lowest BCUT2D eigenvalue weighted by Gasteiger charge is -2.27. The highest BCUT2D eigenvalue weighted by molar-refractivity contribution is 8.01. The van der Waals surface area contributed by atoms with E-state index in [2.05, 4.69) is 16.0 Å². The number of nitrogen functional groups attached to an aromatic ring is 1. The minimum Gasteiger partial charge on any atom is -0.397 e. The highest BCUT2D eigenvalue weighted by Gasteiger charge is 2.26. The molecule has 1 fully saturated rings. The first-order valence-corrected chi connectivity index (χ1v) is 10.2. The summed E-state index contributed by atoms with van der Waals surface area (Å²) in [6.07, 6.45) is 9.22. The van der Waals surface area contributed by atoms with Gasteiger partial charge in [0.2, 0.25) is 0 Å². The van der Waals surface area contributed by atoms with Gasteiger partial charge in [0.15, 0.2) is 6.20 Å². The van der Waals surface area contributed by atoms with Crippen LogP contribution in [0.2, 0.25) is 0 Å². The van der Waals surface area contributed by atoms with Crippen molar-refractivity contribution in [1.82, 2.24) is 9.97 Å². The van der Waals surface area contributed by atoms with E-state index in [4.69, 9.17) is 15.5 Å². The van der Waals surface area contributed by atoms with Gasteiger partial charge in [0.25, 0.3) is 6.33 Å². The van der Waals surface area contributed by atoms with Crippen molar-refractivity contribution in [1.29, 1.82) is 0 Å². The van der Waals surface area contributed by atoms with Crippen LogP contribution in [0.5, 0.6) is 0 Å². The predicted octanol–water partition coefficient (Wildman–Crippen LogP) is 3.76. The molecule has 0 unspecified atom stereocenters. The van der Waals surface area contributed by atoms with Crippen LogP contribution < -0.4 is 10.7 Å². The maximum atomic E-state index is 6.52. The van der Waals surface area contributed by atoms with Crippen LogP contribution in [0.1, 0.15) is 30.7 Å². The summed E-state index contributed by atoms with van der Waals surface area (Å²) >= 11 is 3.45. The lowest BCUT2D eigenvalue weighted by molar-refractivity contribution is -0.382. The normalized spacial score (nSPS) is 14.8. The first-order chi connectivity index (χ1) is 12.3. The summed E-state index contributed by atoms with van der Waals surface area (Å²) in [6.45, 7) is 0.720. The zero-order valence-corrected chi connectivity index (χ0v) is 15.8. The van der Waals surface area contributed by atoms with Crippen LogP contribution in [-0.4, -0.2) is 29.4 Å². The van der Waals surface area contributed by atoms with Crippen LogP contribution in [-0.2, 0) is 4.74 Å². The second-order valence-electron chi connectivity index (χ2n) is 6.22. The average molecular weight is 374 g/mol. The van der Waals surface area contributed by atoms with Crippen molar-refractivity contribution in [3.63, 3.8) is 0 Å². The fourth-order valence-corrected chi connectivity index (χ4v) is 5.39. The van der Waals surface area contributed by atoms with Crippen molar-refractivity contribution in [3.05, 3.63) is 30.4 Å². The number of nitrogens with one attached hydrogen (secondary N) is 1. The number of nitrogens with zero attached hydrogens (tertiary/aromatic N) is 2. The summed E-state index contributed by atoms with van der Waals surface area (Å²) in [4.78, 5) is 13.2. The van der Waals surface area contributed by atoms with E-state index in [-0.39, 0.29) is 0 Å². The topological polar surface area (TPSA) is 75.2 Å². The van der Waals surface area contributed by atoms with Crippen LogP contribution in [0.3, 0.4) is 0 Å². The minimum absolute atomic E-state index is 0.596. The molecule has 0 radical (unpaired) electrons. The Bertz CT molecular complexity index is 878. The van der Waals surface area contributed by atoms with Gasteiger partial charge >= 0.3 is 0 Å². The molecule has 5 nitrogen and oxygen atoms in total. The quantitative estimate of drug-likeness (QED) is 0.526. The predicted molar refractivity (Wildman–Crippen MR) is 103 cm³/mol. The monoisotopic (exact) mass is 373 g/mol. The Morgan fingerprint density at radius 1 is 1.44 bits per heavy atom. The third-order valence-corrected chi connectivity index (χ3v) is 7.01. The SMILES string of the molecule is COCCSc1sc2nc(-c3cnc[nH+]c3)cc(C3CCC3)c2c1N. The molecule has 0 spiro atoms. The summed E-state index contributed by atoms with van der Waals surface area (Å²) < 4.78 is 6.31. The van der Waals surface area contributed by atoms with E-state index < -0.39 is 0 Å². The lowest BCUT2D eigenvalue weighted by atomic mass is 9.79. The van der Waals surface area contributed by atoms with Crippen LogP contribution in [0.15, 0.2) is 29.0 Å². The number of aromatic amines is 1. The Morgan fingerprint density at radius 3 is 3.00 bits per heavy atom. The number of aromatic nitrogens is 3. The van der Waals surface area contributed by atoms with E-state index in [1.165, 1.54) is 24.8 Å². The Balaban J connectivity index is 1.82. The number of H-pyrrole nitrogens is 1. The second kappa shape index (κ2) is 7.27. The fraction of sp³-hybridized carbons (Fsp3) is 0.389. The zero-order valence-electron chi connectivity index (χ0n) is 14.1. The number of rotatable bonds is 6. The Kier molecular flexibility index (Phi) is 4.87. The van der Waals surface area contributed by atoms with Crippen molar-refractivity contribution < 1.29 is 9.72 Å². The van der Waals surface area contributed by atoms with Gasteiger partial charge in [-0.3, -0.25) is 0 Å². The van der Waals surface area contributed by atoms with Gasteiger partial charge in [0, 0.05) is 18.2 Å². The molecule has 0 aromatic carbocycles.